The number of amides is 2. The van der Waals surface area contributed by atoms with E-state index in [1.807, 2.05) is 36.4 Å². The summed E-state index contributed by atoms with van der Waals surface area (Å²) in [6, 6.07) is 11.1. The quantitative estimate of drug-likeness (QED) is 0.676. The van der Waals surface area contributed by atoms with Crippen LogP contribution in [0.4, 0.5) is 0 Å². The molecule has 3 N–H and O–H groups in total. The summed E-state index contributed by atoms with van der Waals surface area (Å²) >= 11 is 0. The van der Waals surface area contributed by atoms with Crippen molar-refractivity contribution in [2.45, 2.75) is 44.6 Å². The molecule has 1 aromatic rings. The number of nitrogens with zero attached hydrogens (tertiary/aromatic N) is 1. The van der Waals surface area contributed by atoms with E-state index in [-0.39, 0.29) is 5.91 Å². The van der Waals surface area contributed by atoms with Gasteiger partial charge in [0.05, 0.1) is 6.07 Å². The molecule has 0 unspecified atom stereocenters. The lowest BCUT2D eigenvalue weighted by Crippen LogP contribution is -2.44. The zero-order chi connectivity index (χ0) is 15.5. The van der Waals surface area contributed by atoms with Gasteiger partial charge in [-0.3, -0.25) is 9.59 Å². The Bertz CT molecular complexity index is 494. The third-order valence-electron chi connectivity index (χ3n) is 3.19. The van der Waals surface area contributed by atoms with Gasteiger partial charge in [0.25, 0.3) is 0 Å². The van der Waals surface area contributed by atoms with Crippen LogP contribution in [0.25, 0.3) is 0 Å². The second kappa shape index (κ2) is 9.54. The number of rotatable bonds is 9. The highest BCUT2D eigenvalue weighted by atomic mass is 16.2. The number of carbonyl (C=O) groups excluding carboxylic acids is 2. The standard InChI is InChI=1S/C16H21N3O2/c17-12-6-2-5-9-14(16(18)21)19-15(20)11-10-13-7-3-1-4-8-13/h1,3-4,7-8,14H,2,5-6,9-11H2,(H2,18,21)(H,19,20)/t14-/m1/s1. The molecule has 5 nitrogen and oxygen atoms in total. The zero-order valence-electron chi connectivity index (χ0n) is 12.0. The maximum atomic E-state index is 11.8. The summed E-state index contributed by atoms with van der Waals surface area (Å²) in [5.74, 6) is -0.706. The Morgan fingerprint density at radius 2 is 1.95 bits per heavy atom. The molecule has 0 bridgehead atoms. The largest absolute Gasteiger partial charge is 0.368 e. The summed E-state index contributed by atoms with van der Waals surface area (Å²) in [5, 5.41) is 11.1. The van der Waals surface area contributed by atoms with Crippen LogP contribution in [0.3, 0.4) is 0 Å². The smallest absolute Gasteiger partial charge is 0.239 e. The molecule has 0 fully saturated rings. The maximum absolute atomic E-state index is 11.8. The lowest BCUT2D eigenvalue weighted by molar-refractivity contribution is -0.127. The van der Waals surface area contributed by atoms with E-state index in [0.717, 1.165) is 5.56 Å². The first-order valence-electron chi connectivity index (χ1n) is 7.13. The number of carbonyl (C=O) groups is 2. The van der Waals surface area contributed by atoms with Crippen LogP contribution in [0.15, 0.2) is 30.3 Å². The van der Waals surface area contributed by atoms with Crippen molar-refractivity contribution in [1.29, 1.82) is 5.26 Å². The van der Waals surface area contributed by atoms with E-state index in [4.69, 9.17) is 11.0 Å². The van der Waals surface area contributed by atoms with Gasteiger partial charge in [-0.05, 0) is 31.2 Å². The number of nitrogens with one attached hydrogen (secondary N) is 1. The van der Waals surface area contributed by atoms with Crippen LogP contribution in [0.1, 0.15) is 37.7 Å². The molecule has 0 aliphatic rings. The Morgan fingerprint density at radius 3 is 2.57 bits per heavy atom. The molecule has 0 saturated carbocycles. The van der Waals surface area contributed by atoms with E-state index in [1.165, 1.54) is 0 Å². The van der Waals surface area contributed by atoms with Crippen LogP contribution < -0.4 is 11.1 Å². The van der Waals surface area contributed by atoms with Crippen molar-refractivity contribution in [1.82, 2.24) is 5.32 Å². The second-order valence-electron chi connectivity index (χ2n) is 4.91. The summed E-state index contributed by atoms with van der Waals surface area (Å²) in [6.07, 6.45) is 3.29. The number of nitrogens with two attached hydrogens (primary N) is 1. The van der Waals surface area contributed by atoms with E-state index < -0.39 is 11.9 Å². The minimum Gasteiger partial charge on any atom is -0.368 e. The number of hydrogen-bond acceptors (Lipinski definition) is 3. The molecule has 0 aliphatic heterocycles. The van der Waals surface area contributed by atoms with Gasteiger partial charge >= 0.3 is 0 Å². The molecule has 0 aliphatic carbocycles. The van der Waals surface area contributed by atoms with Gasteiger partial charge in [0.15, 0.2) is 0 Å². The highest BCUT2D eigenvalue weighted by molar-refractivity contribution is 5.86. The lowest BCUT2D eigenvalue weighted by Gasteiger charge is -2.15. The van der Waals surface area contributed by atoms with E-state index in [2.05, 4.69) is 5.32 Å². The normalized spacial score (nSPS) is 11.4. The number of aryl methyl sites for hydroxylation is 1. The maximum Gasteiger partial charge on any atom is 0.239 e. The first-order valence-corrected chi connectivity index (χ1v) is 7.13. The number of benzene rings is 1. The number of hydrogen-bond donors (Lipinski definition) is 2. The summed E-state index contributed by atoms with van der Waals surface area (Å²) in [5.41, 5.74) is 6.37. The molecule has 1 rings (SSSR count). The molecule has 0 heterocycles. The second-order valence-corrected chi connectivity index (χ2v) is 4.91. The predicted octanol–water partition coefficient (Wildman–Crippen LogP) is 1.67. The van der Waals surface area contributed by atoms with Crippen molar-refractivity contribution in [2.24, 2.45) is 5.73 Å². The van der Waals surface area contributed by atoms with Gasteiger partial charge < -0.3 is 11.1 Å². The van der Waals surface area contributed by atoms with Gasteiger partial charge in [-0.25, -0.2) is 0 Å². The van der Waals surface area contributed by atoms with Gasteiger partial charge in [-0.2, -0.15) is 5.26 Å². The number of primary amides is 1. The van der Waals surface area contributed by atoms with Crippen LogP contribution >= 0.6 is 0 Å². The van der Waals surface area contributed by atoms with Crippen LogP contribution in [-0.4, -0.2) is 17.9 Å². The fourth-order valence-electron chi connectivity index (χ4n) is 2.01. The third-order valence-corrected chi connectivity index (χ3v) is 3.19. The van der Waals surface area contributed by atoms with Crippen molar-refractivity contribution in [2.75, 3.05) is 0 Å². The molecule has 0 radical (unpaired) electrons. The van der Waals surface area contributed by atoms with Crippen LogP contribution in [0.2, 0.25) is 0 Å². The number of unbranched alkanes of at least 4 members (excludes halogenated alkanes) is 2. The predicted molar refractivity (Wildman–Crippen MR) is 80.0 cm³/mol. The molecule has 1 aromatic carbocycles. The topological polar surface area (TPSA) is 96.0 Å². The fourth-order valence-corrected chi connectivity index (χ4v) is 2.01. The molecule has 2 amide bonds. The van der Waals surface area contributed by atoms with E-state index in [9.17, 15) is 9.59 Å². The average molecular weight is 287 g/mol. The average Bonchev–Trinajstić information content (AvgIpc) is 2.49. The Morgan fingerprint density at radius 1 is 1.24 bits per heavy atom. The molecule has 0 saturated heterocycles. The molecule has 0 aromatic heterocycles. The SMILES string of the molecule is N#CCCCC[C@@H](NC(=O)CCc1ccccc1)C(N)=O. The Kier molecular flexibility index (Phi) is 7.59. The van der Waals surface area contributed by atoms with Crippen molar-refractivity contribution in [3.63, 3.8) is 0 Å². The van der Waals surface area contributed by atoms with Gasteiger partial charge in [-0.15, -0.1) is 0 Å². The lowest BCUT2D eigenvalue weighted by atomic mass is 10.1. The first-order chi connectivity index (χ1) is 10.1. The molecular formula is C16H21N3O2. The molecule has 21 heavy (non-hydrogen) atoms. The Balaban J connectivity index is 2.35. The Hall–Kier alpha value is -2.35. The van der Waals surface area contributed by atoms with E-state index in [1.54, 1.807) is 0 Å². The minimum absolute atomic E-state index is 0.178. The first kappa shape index (κ1) is 16.7. The highest BCUT2D eigenvalue weighted by Gasteiger charge is 2.17. The van der Waals surface area contributed by atoms with Gasteiger partial charge in [0.1, 0.15) is 6.04 Å². The van der Waals surface area contributed by atoms with Crippen molar-refractivity contribution >= 4 is 11.8 Å². The van der Waals surface area contributed by atoms with Crippen molar-refractivity contribution in [3.05, 3.63) is 35.9 Å². The Labute approximate surface area is 125 Å². The molecule has 1 atom stereocenters. The van der Waals surface area contributed by atoms with Gasteiger partial charge in [0.2, 0.25) is 11.8 Å². The molecule has 0 spiro atoms. The van der Waals surface area contributed by atoms with E-state index >= 15 is 0 Å². The van der Waals surface area contributed by atoms with Crippen LogP contribution in [0.5, 0.6) is 0 Å². The number of nitriles is 1. The third kappa shape index (κ3) is 7.11. The van der Waals surface area contributed by atoms with Gasteiger partial charge in [-0.1, -0.05) is 30.3 Å². The molecule has 5 heteroatoms. The highest BCUT2D eigenvalue weighted by Crippen LogP contribution is 2.05. The molecule has 112 valence electrons. The summed E-state index contributed by atoms with van der Waals surface area (Å²) < 4.78 is 0. The fraction of sp³-hybridized carbons (Fsp3) is 0.438. The van der Waals surface area contributed by atoms with Gasteiger partial charge in [0, 0.05) is 12.8 Å². The minimum atomic E-state index is -0.646. The summed E-state index contributed by atoms with van der Waals surface area (Å²) in [7, 11) is 0. The molecular weight excluding hydrogens is 266 g/mol. The summed E-state index contributed by atoms with van der Waals surface area (Å²) in [4.78, 5) is 23.2. The monoisotopic (exact) mass is 287 g/mol. The van der Waals surface area contributed by atoms with Crippen molar-refractivity contribution < 1.29 is 9.59 Å². The van der Waals surface area contributed by atoms with Crippen LogP contribution in [-0.2, 0) is 16.0 Å². The zero-order valence-corrected chi connectivity index (χ0v) is 12.0. The van der Waals surface area contributed by atoms with Crippen molar-refractivity contribution in [3.8, 4) is 6.07 Å². The summed E-state index contributed by atoms with van der Waals surface area (Å²) in [6.45, 7) is 0. The van der Waals surface area contributed by atoms with Crippen LogP contribution in [0, 0.1) is 11.3 Å². The van der Waals surface area contributed by atoms with E-state index in [0.29, 0.717) is 38.5 Å².